The van der Waals surface area contributed by atoms with Gasteiger partial charge in [-0.05, 0) is 49.0 Å². The van der Waals surface area contributed by atoms with Gasteiger partial charge in [0.2, 0.25) is 0 Å². The Morgan fingerprint density at radius 1 is 1.38 bits per heavy atom. The van der Waals surface area contributed by atoms with Gasteiger partial charge in [0.15, 0.2) is 0 Å². The van der Waals surface area contributed by atoms with Gasteiger partial charge in [-0.25, -0.2) is 0 Å². The van der Waals surface area contributed by atoms with E-state index in [0.717, 1.165) is 36.0 Å². The minimum atomic E-state index is 0.735. The highest BCUT2D eigenvalue weighted by Gasteiger charge is 2.38. The Hall–Kier alpha value is -0.590. The van der Waals surface area contributed by atoms with Crippen molar-refractivity contribution in [2.45, 2.75) is 39.0 Å². The predicted octanol–water partition coefficient (Wildman–Crippen LogP) is 2.96. The summed E-state index contributed by atoms with van der Waals surface area (Å²) in [7, 11) is 0. The van der Waals surface area contributed by atoms with Gasteiger partial charge in [0.05, 0.1) is 0 Å². The maximum absolute atomic E-state index is 10.7. The number of hydrogen-bond donors (Lipinski definition) is 0. The molecule has 0 saturated heterocycles. The number of fused-ring (bicyclic) bond motifs is 2. The standard InChI is InChI=1S/C12H18O/c1-2-9(8-13)5-12-7-10-3-4-11(12)6-10/h5,8,10-12H,2-4,6-7H2,1H3/b9-5+. The van der Waals surface area contributed by atoms with E-state index in [1.807, 2.05) is 0 Å². The van der Waals surface area contributed by atoms with E-state index in [0.29, 0.717) is 0 Å². The summed E-state index contributed by atoms with van der Waals surface area (Å²) < 4.78 is 0. The molecule has 0 N–H and O–H groups in total. The van der Waals surface area contributed by atoms with Gasteiger partial charge in [-0.1, -0.05) is 19.4 Å². The molecule has 2 fully saturated rings. The molecule has 0 amide bonds. The van der Waals surface area contributed by atoms with Crippen LogP contribution in [-0.2, 0) is 4.79 Å². The molecule has 2 bridgehead atoms. The van der Waals surface area contributed by atoms with Crippen LogP contribution in [-0.4, -0.2) is 6.29 Å². The summed E-state index contributed by atoms with van der Waals surface area (Å²) in [4.78, 5) is 10.7. The molecule has 72 valence electrons. The maximum Gasteiger partial charge on any atom is 0.145 e. The molecule has 2 saturated carbocycles. The third-order valence-electron chi connectivity index (χ3n) is 3.78. The van der Waals surface area contributed by atoms with Gasteiger partial charge in [-0.2, -0.15) is 0 Å². The van der Waals surface area contributed by atoms with Crippen molar-refractivity contribution in [3.05, 3.63) is 11.6 Å². The first-order chi connectivity index (χ1) is 6.33. The van der Waals surface area contributed by atoms with Crippen LogP contribution in [0.4, 0.5) is 0 Å². The largest absolute Gasteiger partial charge is 0.298 e. The molecule has 3 unspecified atom stereocenters. The Bertz CT molecular complexity index is 229. The lowest BCUT2D eigenvalue weighted by molar-refractivity contribution is -0.105. The lowest BCUT2D eigenvalue weighted by Crippen LogP contribution is -2.08. The van der Waals surface area contributed by atoms with E-state index in [1.54, 1.807) is 0 Å². The molecule has 1 nitrogen and oxygen atoms in total. The Labute approximate surface area is 80.2 Å². The summed E-state index contributed by atoms with van der Waals surface area (Å²) in [6, 6.07) is 0. The molecule has 13 heavy (non-hydrogen) atoms. The second-order valence-corrected chi connectivity index (χ2v) is 4.55. The fourth-order valence-electron chi connectivity index (χ4n) is 3.01. The van der Waals surface area contributed by atoms with Crippen LogP contribution in [0, 0.1) is 17.8 Å². The third kappa shape index (κ3) is 1.70. The lowest BCUT2D eigenvalue weighted by Gasteiger charge is -2.18. The Morgan fingerprint density at radius 2 is 2.23 bits per heavy atom. The highest BCUT2D eigenvalue weighted by atomic mass is 16.1. The third-order valence-corrected chi connectivity index (χ3v) is 3.78. The van der Waals surface area contributed by atoms with Crippen LogP contribution < -0.4 is 0 Å². The zero-order chi connectivity index (χ0) is 9.26. The predicted molar refractivity (Wildman–Crippen MR) is 53.4 cm³/mol. The van der Waals surface area contributed by atoms with Crippen molar-refractivity contribution < 1.29 is 4.79 Å². The average Bonchev–Trinajstić information content (AvgIpc) is 2.75. The van der Waals surface area contributed by atoms with Crippen LogP contribution in [0.2, 0.25) is 0 Å². The SMILES string of the molecule is CC/C(C=O)=C\C1CC2CCC1C2. The second-order valence-electron chi connectivity index (χ2n) is 4.55. The number of allylic oxidation sites excluding steroid dienone is 2. The van der Waals surface area contributed by atoms with E-state index in [4.69, 9.17) is 0 Å². The molecule has 1 heteroatoms. The minimum absolute atomic E-state index is 0.735. The summed E-state index contributed by atoms with van der Waals surface area (Å²) in [5.74, 6) is 2.63. The van der Waals surface area contributed by atoms with Crippen molar-refractivity contribution in [3.63, 3.8) is 0 Å². The second kappa shape index (κ2) is 3.65. The molecule has 0 heterocycles. The number of carbonyl (C=O) groups is 1. The summed E-state index contributed by atoms with van der Waals surface area (Å²) in [5.41, 5.74) is 1.01. The van der Waals surface area contributed by atoms with Crippen LogP contribution in [0.5, 0.6) is 0 Å². The van der Waals surface area contributed by atoms with Gasteiger partial charge in [0.25, 0.3) is 0 Å². The zero-order valence-electron chi connectivity index (χ0n) is 8.33. The zero-order valence-corrected chi connectivity index (χ0v) is 8.33. The molecule has 2 rings (SSSR count). The van der Waals surface area contributed by atoms with Gasteiger partial charge in [0, 0.05) is 0 Å². The van der Waals surface area contributed by atoms with Gasteiger partial charge >= 0.3 is 0 Å². The van der Waals surface area contributed by atoms with Crippen molar-refractivity contribution in [3.8, 4) is 0 Å². The van der Waals surface area contributed by atoms with Gasteiger partial charge in [0.1, 0.15) is 6.29 Å². The normalized spacial score (nSPS) is 38.2. The van der Waals surface area contributed by atoms with Crippen molar-refractivity contribution in [2.24, 2.45) is 17.8 Å². The van der Waals surface area contributed by atoms with E-state index in [2.05, 4.69) is 13.0 Å². The molecular formula is C12H18O. The highest BCUT2D eigenvalue weighted by molar-refractivity contribution is 5.72. The Kier molecular flexibility index (Phi) is 2.52. The van der Waals surface area contributed by atoms with E-state index >= 15 is 0 Å². The molecule has 0 radical (unpaired) electrons. The van der Waals surface area contributed by atoms with Gasteiger partial charge in [-0.15, -0.1) is 0 Å². The summed E-state index contributed by atoms with van der Waals surface area (Å²) in [6.07, 6.45) is 9.80. The molecule has 0 aromatic heterocycles. The van der Waals surface area contributed by atoms with Crippen LogP contribution in [0.3, 0.4) is 0 Å². The summed E-state index contributed by atoms with van der Waals surface area (Å²) in [6.45, 7) is 2.06. The quantitative estimate of drug-likeness (QED) is 0.479. The molecular weight excluding hydrogens is 160 g/mol. The summed E-state index contributed by atoms with van der Waals surface area (Å²) >= 11 is 0. The highest BCUT2D eigenvalue weighted by Crippen LogP contribution is 2.49. The van der Waals surface area contributed by atoms with Crippen LogP contribution in [0.25, 0.3) is 0 Å². The first-order valence-electron chi connectivity index (χ1n) is 5.49. The summed E-state index contributed by atoms with van der Waals surface area (Å²) in [5, 5.41) is 0. The molecule has 0 aromatic carbocycles. The van der Waals surface area contributed by atoms with E-state index < -0.39 is 0 Å². The van der Waals surface area contributed by atoms with Gasteiger partial charge < -0.3 is 0 Å². The van der Waals surface area contributed by atoms with E-state index in [1.165, 1.54) is 25.7 Å². The van der Waals surface area contributed by atoms with Gasteiger partial charge in [-0.3, -0.25) is 4.79 Å². The Morgan fingerprint density at radius 3 is 2.69 bits per heavy atom. The van der Waals surface area contributed by atoms with Crippen molar-refractivity contribution in [1.82, 2.24) is 0 Å². The molecule has 0 aromatic rings. The number of carbonyl (C=O) groups excluding carboxylic acids is 1. The fraction of sp³-hybridized carbons (Fsp3) is 0.750. The van der Waals surface area contributed by atoms with E-state index in [-0.39, 0.29) is 0 Å². The molecule has 0 spiro atoms. The number of hydrogen-bond acceptors (Lipinski definition) is 1. The monoisotopic (exact) mass is 178 g/mol. The average molecular weight is 178 g/mol. The van der Waals surface area contributed by atoms with Crippen LogP contribution in [0.15, 0.2) is 11.6 Å². The fourth-order valence-corrected chi connectivity index (χ4v) is 3.01. The molecule has 2 aliphatic carbocycles. The first-order valence-corrected chi connectivity index (χ1v) is 5.49. The van der Waals surface area contributed by atoms with Crippen LogP contribution in [0.1, 0.15) is 39.0 Å². The lowest BCUT2D eigenvalue weighted by atomic mass is 9.87. The van der Waals surface area contributed by atoms with Crippen molar-refractivity contribution in [2.75, 3.05) is 0 Å². The Balaban J connectivity index is 2.02. The smallest absolute Gasteiger partial charge is 0.145 e. The van der Waals surface area contributed by atoms with E-state index in [9.17, 15) is 4.79 Å². The molecule has 3 atom stereocenters. The van der Waals surface area contributed by atoms with Crippen molar-refractivity contribution >= 4 is 6.29 Å². The maximum atomic E-state index is 10.7. The topological polar surface area (TPSA) is 17.1 Å². The van der Waals surface area contributed by atoms with Crippen molar-refractivity contribution in [1.29, 1.82) is 0 Å². The number of aldehydes is 1. The minimum Gasteiger partial charge on any atom is -0.298 e. The van der Waals surface area contributed by atoms with Crippen LogP contribution >= 0.6 is 0 Å². The first kappa shape index (κ1) is 8.98. The number of rotatable bonds is 3. The molecule has 0 aliphatic heterocycles. The molecule has 2 aliphatic rings.